The molecule has 108 valence electrons. The molecule has 0 saturated heterocycles. The number of hydrogen-bond acceptors (Lipinski definition) is 5. The Hall–Kier alpha value is -1.57. The van der Waals surface area contributed by atoms with Crippen LogP contribution in [-0.2, 0) is 16.6 Å². The summed E-state index contributed by atoms with van der Waals surface area (Å²) in [5.41, 5.74) is 7.01. The Balaban J connectivity index is 2.21. The van der Waals surface area contributed by atoms with Gasteiger partial charge in [-0.15, -0.1) is 11.3 Å². The van der Waals surface area contributed by atoms with E-state index in [-0.39, 0.29) is 4.90 Å². The van der Waals surface area contributed by atoms with E-state index in [2.05, 4.69) is 10.0 Å². The van der Waals surface area contributed by atoms with Crippen LogP contribution in [0.2, 0.25) is 0 Å². The number of thiophene rings is 1. The van der Waals surface area contributed by atoms with Crippen molar-refractivity contribution >= 4 is 32.7 Å². The second-order valence-electron chi connectivity index (χ2n) is 4.32. The van der Waals surface area contributed by atoms with Gasteiger partial charge in [0.15, 0.2) is 0 Å². The lowest BCUT2D eigenvalue weighted by Gasteiger charge is -2.10. The predicted molar refractivity (Wildman–Crippen MR) is 83.5 cm³/mol. The number of rotatable bonds is 5. The van der Waals surface area contributed by atoms with Crippen LogP contribution in [0.5, 0.6) is 0 Å². The first-order chi connectivity index (χ1) is 9.42. The molecule has 0 unspecified atom stereocenters. The first kappa shape index (κ1) is 14.8. The van der Waals surface area contributed by atoms with Crippen molar-refractivity contribution in [1.29, 1.82) is 0 Å². The number of aryl methyl sites for hydroxylation is 1. The van der Waals surface area contributed by atoms with Gasteiger partial charge < -0.3 is 11.1 Å². The first-order valence-corrected chi connectivity index (χ1v) is 8.34. The molecule has 0 radical (unpaired) electrons. The van der Waals surface area contributed by atoms with Gasteiger partial charge in [0, 0.05) is 16.3 Å². The summed E-state index contributed by atoms with van der Waals surface area (Å²) < 4.78 is 25.8. The van der Waals surface area contributed by atoms with E-state index in [0.717, 1.165) is 0 Å². The van der Waals surface area contributed by atoms with Gasteiger partial charge in [-0.1, -0.05) is 0 Å². The minimum Gasteiger partial charge on any atom is -0.397 e. The number of sulfonamides is 1. The number of hydrogen-bond donors (Lipinski definition) is 3. The van der Waals surface area contributed by atoms with Gasteiger partial charge in [-0.25, -0.2) is 13.1 Å². The molecule has 0 aliphatic heterocycles. The fourth-order valence-corrected chi connectivity index (χ4v) is 3.32. The summed E-state index contributed by atoms with van der Waals surface area (Å²) in [6.07, 6.45) is 0. The molecule has 4 N–H and O–H groups in total. The lowest BCUT2D eigenvalue weighted by molar-refractivity contribution is 0.588. The number of nitrogens with one attached hydrogen (secondary N) is 2. The average molecular weight is 311 g/mol. The van der Waals surface area contributed by atoms with Crippen LogP contribution in [0.25, 0.3) is 0 Å². The van der Waals surface area contributed by atoms with Crippen LogP contribution in [0.1, 0.15) is 9.75 Å². The maximum Gasteiger partial charge on any atom is 0.240 e. The second-order valence-corrected chi connectivity index (χ2v) is 7.58. The standard InChI is InChI=1S/C13H17N3O2S2/c1-9-3-4-10(19-9)8-16-13-7-11(5-6-12(13)14)20(17,18)15-2/h3-7,15-16H,8,14H2,1-2H3. The van der Waals surface area contributed by atoms with Crippen LogP contribution in [0.4, 0.5) is 11.4 Å². The molecule has 0 saturated carbocycles. The SMILES string of the molecule is CNS(=O)(=O)c1ccc(N)c(NCc2ccc(C)s2)c1. The molecule has 2 rings (SSSR count). The maximum absolute atomic E-state index is 11.8. The number of anilines is 2. The van der Waals surface area contributed by atoms with Gasteiger partial charge in [0.25, 0.3) is 0 Å². The van der Waals surface area contributed by atoms with E-state index in [1.54, 1.807) is 23.5 Å². The molecule has 0 atom stereocenters. The molecule has 20 heavy (non-hydrogen) atoms. The molecule has 5 nitrogen and oxygen atoms in total. The summed E-state index contributed by atoms with van der Waals surface area (Å²) in [6.45, 7) is 2.66. The average Bonchev–Trinajstić information content (AvgIpc) is 2.83. The third kappa shape index (κ3) is 3.30. The third-order valence-corrected chi connectivity index (χ3v) is 5.27. The van der Waals surface area contributed by atoms with Crippen molar-refractivity contribution in [3.63, 3.8) is 0 Å². The quantitative estimate of drug-likeness (QED) is 0.739. The van der Waals surface area contributed by atoms with Crippen LogP contribution in [0.15, 0.2) is 35.2 Å². The van der Waals surface area contributed by atoms with Crippen LogP contribution >= 0.6 is 11.3 Å². The van der Waals surface area contributed by atoms with E-state index in [4.69, 9.17) is 5.73 Å². The van der Waals surface area contributed by atoms with Crippen molar-refractivity contribution < 1.29 is 8.42 Å². The molecule has 2 aromatic rings. The van der Waals surface area contributed by atoms with Crippen molar-refractivity contribution in [3.8, 4) is 0 Å². The van der Waals surface area contributed by atoms with Crippen molar-refractivity contribution in [2.45, 2.75) is 18.4 Å². The Labute approximate surface area is 122 Å². The monoisotopic (exact) mass is 311 g/mol. The fraction of sp³-hybridized carbons (Fsp3) is 0.231. The van der Waals surface area contributed by atoms with Crippen molar-refractivity contribution in [3.05, 3.63) is 40.1 Å². The summed E-state index contributed by atoms with van der Waals surface area (Å²) >= 11 is 1.69. The van der Waals surface area contributed by atoms with Crippen LogP contribution in [-0.4, -0.2) is 15.5 Å². The van der Waals surface area contributed by atoms with Crippen LogP contribution < -0.4 is 15.8 Å². The maximum atomic E-state index is 11.8. The van der Waals surface area contributed by atoms with E-state index < -0.39 is 10.0 Å². The number of nitrogen functional groups attached to an aromatic ring is 1. The summed E-state index contributed by atoms with van der Waals surface area (Å²) in [5, 5.41) is 3.17. The largest absolute Gasteiger partial charge is 0.397 e. The highest BCUT2D eigenvalue weighted by Gasteiger charge is 2.13. The zero-order chi connectivity index (χ0) is 14.8. The van der Waals surface area contributed by atoms with E-state index in [0.29, 0.717) is 17.9 Å². The Morgan fingerprint density at radius 1 is 1.25 bits per heavy atom. The van der Waals surface area contributed by atoms with Crippen molar-refractivity contribution in [1.82, 2.24) is 4.72 Å². The molecule has 0 aliphatic carbocycles. The van der Waals surface area contributed by atoms with Gasteiger partial charge >= 0.3 is 0 Å². The van der Waals surface area contributed by atoms with Crippen LogP contribution in [0, 0.1) is 6.92 Å². The molecule has 7 heteroatoms. The molecule has 0 aliphatic rings. The summed E-state index contributed by atoms with van der Waals surface area (Å²) in [4.78, 5) is 2.60. The minimum absolute atomic E-state index is 0.194. The van der Waals surface area contributed by atoms with E-state index in [9.17, 15) is 8.42 Å². The lowest BCUT2D eigenvalue weighted by atomic mass is 10.2. The highest BCUT2D eigenvalue weighted by molar-refractivity contribution is 7.89. The lowest BCUT2D eigenvalue weighted by Crippen LogP contribution is -2.18. The zero-order valence-corrected chi connectivity index (χ0v) is 12.9. The molecular formula is C13H17N3O2S2. The third-order valence-electron chi connectivity index (χ3n) is 2.85. The molecule has 0 bridgehead atoms. The summed E-state index contributed by atoms with van der Waals surface area (Å²) in [6, 6.07) is 8.71. The minimum atomic E-state index is -3.46. The Morgan fingerprint density at radius 2 is 2.00 bits per heavy atom. The highest BCUT2D eigenvalue weighted by Crippen LogP contribution is 2.24. The van der Waals surface area contributed by atoms with Gasteiger partial charge in [0.1, 0.15) is 0 Å². The Bertz CT molecular complexity index is 708. The molecule has 0 amide bonds. The second kappa shape index (κ2) is 5.82. The van der Waals surface area contributed by atoms with Gasteiger partial charge in [0.2, 0.25) is 10.0 Å². The van der Waals surface area contributed by atoms with Gasteiger partial charge in [-0.2, -0.15) is 0 Å². The smallest absolute Gasteiger partial charge is 0.240 e. The number of nitrogens with two attached hydrogens (primary N) is 1. The molecule has 1 aromatic carbocycles. The van der Waals surface area contributed by atoms with Gasteiger partial charge in [-0.05, 0) is 44.3 Å². The van der Waals surface area contributed by atoms with E-state index >= 15 is 0 Å². The highest BCUT2D eigenvalue weighted by atomic mass is 32.2. The Morgan fingerprint density at radius 3 is 2.60 bits per heavy atom. The Kier molecular flexibility index (Phi) is 4.32. The summed E-state index contributed by atoms with van der Waals surface area (Å²) in [5.74, 6) is 0. The van der Waals surface area contributed by atoms with Crippen LogP contribution in [0.3, 0.4) is 0 Å². The molecule has 0 spiro atoms. The zero-order valence-electron chi connectivity index (χ0n) is 11.3. The van der Waals surface area contributed by atoms with Crippen molar-refractivity contribution in [2.24, 2.45) is 0 Å². The topological polar surface area (TPSA) is 84.2 Å². The fourth-order valence-electron chi connectivity index (χ4n) is 1.74. The van der Waals surface area contributed by atoms with Gasteiger partial charge in [-0.3, -0.25) is 0 Å². The van der Waals surface area contributed by atoms with Crippen molar-refractivity contribution in [2.75, 3.05) is 18.1 Å². The van der Waals surface area contributed by atoms with E-state index in [1.165, 1.54) is 22.9 Å². The molecule has 1 heterocycles. The first-order valence-electron chi connectivity index (χ1n) is 6.04. The molecule has 1 aromatic heterocycles. The summed E-state index contributed by atoms with van der Waals surface area (Å²) in [7, 11) is -2.08. The normalized spacial score (nSPS) is 11.5. The van der Waals surface area contributed by atoms with E-state index in [1.807, 2.05) is 19.1 Å². The van der Waals surface area contributed by atoms with Gasteiger partial charge in [0.05, 0.1) is 16.3 Å². The predicted octanol–water partition coefficient (Wildman–Crippen LogP) is 2.16. The molecular weight excluding hydrogens is 294 g/mol. The molecule has 0 fully saturated rings. The number of benzene rings is 1.